The third-order valence-electron chi connectivity index (χ3n) is 2.94. The molecule has 0 saturated carbocycles. The Hall–Kier alpha value is -0.600. The van der Waals surface area contributed by atoms with Crippen LogP contribution in [0.5, 0.6) is 0 Å². The van der Waals surface area contributed by atoms with Crippen molar-refractivity contribution in [3.05, 3.63) is 0 Å². The quantitative estimate of drug-likeness (QED) is 0.718. The SMILES string of the molecule is CS(=O)(=O)N1CC(C(=O)NC2CCSC2=O)C1. The van der Waals surface area contributed by atoms with Crippen LogP contribution >= 0.6 is 11.8 Å². The average molecular weight is 278 g/mol. The molecule has 0 aromatic rings. The van der Waals surface area contributed by atoms with Crippen LogP contribution in [0.2, 0.25) is 0 Å². The van der Waals surface area contributed by atoms with E-state index in [1.54, 1.807) is 0 Å². The summed E-state index contributed by atoms with van der Waals surface area (Å²) in [6, 6.07) is -0.389. The molecule has 8 heteroatoms. The van der Waals surface area contributed by atoms with Gasteiger partial charge < -0.3 is 5.32 Å². The van der Waals surface area contributed by atoms with E-state index in [0.717, 1.165) is 12.0 Å². The van der Waals surface area contributed by atoms with Crippen molar-refractivity contribution in [2.24, 2.45) is 5.92 Å². The van der Waals surface area contributed by atoms with Gasteiger partial charge in [0.25, 0.3) is 0 Å². The minimum Gasteiger partial charge on any atom is -0.345 e. The standard InChI is InChI=1S/C9H14N2O4S2/c1-17(14,15)11-4-6(5-11)8(12)10-7-2-3-16-9(7)13/h6-7H,2-5H2,1H3,(H,10,12). The number of sulfonamides is 1. The molecule has 6 nitrogen and oxygen atoms in total. The topological polar surface area (TPSA) is 83.6 Å². The van der Waals surface area contributed by atoms with Crippen LogP contribution in [-0.4, -0.2) is 54.9 Å². The van der Waals surface area contributed by atoms with Gasteiger partial charge in [-0.1, -0.05) is 11.8 Å². The highest BCUT2D eigenvalue weighted by molar-refractivity contribution is 8.14. The van der Waals surface area contributed by atoms with Crippen molar-refractivity contribution in [1.29, 1.82) is 0 Å². The van der Waals surface area contributed by atoms with Gasteiger partial charge in [0.05, 0.1) is 18.2 Å². The fraction of sp³-hybridized carbons (Fsp3) is 0.778. The predicted molar refractivity (Wildman–Crippen MR) is 63.9 cm³/mol. The van der Waals surface area contributed by atoms with E-state index >= 15 is 0 Å². The van der Waals surface area contributed by atoms with Crippen molar-refractivity contribution in [2.75, 3.05) is 25.1 Å². The second-order valence-corrected chi connectivity index (χ2v) is 7.38. The van der Waals surface area contributed by atoms with Gasteiger partial charge in [-0.25, -0.2) is 12.7 Å². The van der Waals surface area contributed by atoms with Gasteiger partial charge in [0, 0.05) is 18.8 Å². The highest BCUT2D eigenvalue weighted by atomic mass is 32.2. The molecule has 0 bridgehead atoms. The van der Waals surface area contributed by atoms with Gasteiger partial charge in [-0.15, -0.1) is 0 Å². The van der Waals surface area contributed by atoms with Crippen LogP contribution in [0.15, 0.2) is 0 Å². The highest BCUT2D eigenvalue weighted by Crippen LogP contribution is 2.22. The molecule has 0 aliphatic carbocycles. The molecule has 2 aliphatic heterocycles. The molecule has 0 radical (unpaired) electrons. The van der Waals surface area contributed by atoms with E-state index in [2.05, 4.69) is 5.32 Å². The van der Waals surface area contributed by atoms with Gasteiger partial charge in [-0.05, 0) is 6.42 Å². The molecule has 2 fully saturated rings. The molecule has 0 aromatic heterocycles. The maximum absolute atomic E-state index is 11.7. The minimum absolute atomic E-state index is 0.00218. The second-order valence-electron chi connectivity index (χ2n) is 4.29. The third-order valence-corrected chi connectivity index (χ3v) is 5.18. The van der Waals surface area contributed by atoms with E-state index in [1.165, 1.54) is 16.1 Å². The Kier molecular flexibility index (Phi) is 3.46. The predicted octanol–water partition coefficient (Wildman–Crippen LogP) is -0.974. The molecular weight excluding hydrogens is 264 g/mol. The first-order valence-corrected chi connectivity index (χ1v) is 8.13. The van der Waals surface area contributed by atoms with Crippen molar-refractivity contribution >= 4 is 32.8 Å². The molecule has 1 N–H and O–H groups in total. The number of hydrogen-bond acceptors (Lipinski definition) is 5. The van der Waals surface area contributed by atoms with E-state index in [9.17, 15) is 18.0 Å². The maximum atomic E-state index is 11.7. The first kappa shape index (κ1) is 12.8. The van der Waals surface area contributed by atoms with E-state index in [0.29, 0.717) is 6.42 Å². The molecule has 1 amide bonds. The molecule has 0 spiro atoms. The Balaban J connectivity index is 1.82. The van der Waals surface area contributed by atoms with Gasteiger partial charge in [0.1, 0.15) is 0 Å². The first-order valence-electron chi connectivity index (χ1n) is 5.30. The van der Waals surface area contributed by atoms with Crippen LogP contribution in [0.4, 0.5) is 0 Å². The van der Waals surface area contributed by atoms with Crippen LogP contribution < -0.4 is 5.32 Å². The number of rotatable bonds is 3. The summed E-state index contributed by atoms with van der Waals surface area (Å²) in [4.78, 5) is 23.0. The van der Waals surface area contributed by atoms with Gasteiger partial charge >= 0.3 is 0 Å². The molecule has 17 heavy (non-hydrogen) atoms. The monoisotopic (exact) mass is 278 g/mol. The fourth-order valence-electron chi connectivity index (χ4n) is 1.79. The van der Waals surface area contributed by atoms with Gasteiger partial charge in [0.2, 0.25) is 21.0 Å². The third kappa shape index (κ3) is 2.80. The zero-order valence-corrected chi connectivity index (χ0v) is 11.0. The number of carbonyl (C=O) groups excluding carboxylic acids is 2. The van der Waals surface area contributed by atoms with Gasteiger partial charge in [-0.2, -0.15) is 0 Å². The van der Waals surface area contributed by atoms with Crippen molar-refractivity contribution < 1.29 is 18.0 Å². The summed E-state index contributed by atoms with van der Waals surface area (Å²) in [7, 11) is -3.19. The number of nitrogens with zero attached hydrogens (tertiary/aromatic N) is 1. The van der Waals surface area contributed by atoms with Crippen LogP contribution in [0.3, 0.4) is 0 Å². The summed E-state index contributed by atoms with van der Waals surface area (Å²) in [6.45, 7) is 0.442. The molecule has 1 unspecified atom stereocenters. The Morgan fingerprint density at radius 2 is 2.12 bits per heavy atom. The molecular formula is C9H14N2O4S2. The van der Waals surface area contributed by atoms with E-state index in [-0.39, 0.29) is 36.1 Å². The summed E-state index contributed by atoms with van der Waals surface area (Å²) in [6.07, 6.45) is 1.79. The summed E-state index contributed by atoms with van der Waals surface area (Å²) in [5.41, 5.74) is 0. The largest absolute Gasteiger partial charge is 0.345 e. The van der Waals surface area contributed by atoms with E-state index < -0.39 is 10.0 Å². The molecule has 0 aromatic carbocycles. The van der Waals surface area contributed by atoms with E-state index in [1.807, 2.05) is 0 Å². The summed E-state index contributed by atoms with van der Waals surface area (Å²) in [5.74, 6) is 0.207. The number of thioether (sulfide) groups is 1. The minimum atomic E-state index is -3.19. The highest BCUT2D eigenvalue weighted by Gasteiger charge is 2.39. The molecule has 1 atom stereocenters. The van der Waals surface area contributed by atoms with Crippen LogP contribution in [-0.2, 0) is 19.6 Å². The molecule has 2 saturated heterocycles. The van der Waals surface area contributed by atoms with Crippen molar-refractivity contribution in [2.45, 2.75) is 12.5 Å². The number of carbonyl (C=O) groups is 2. The van der Waals surface area contributed by atoms with Crippen molar-refractivity contribution in [3.8, 4) is 0 Å². The molecule has 2 rings (SSSR count). The Morgan fingerprint density at radius 1 is 1.47 bits per heavy atom. The lowest BCUT2D eigenvalue weighted by Gasteiger charge is -2.36. The van der Waals surface area contributed by atoms with Crippen LogP contribution in [0.25, 0.3) is 0 Å². The number of amides is 1. The lowest BCUT2D eigenvalue weighted by atomic mass is 10.0. The summed E-state index contributed by atoms with van der Waals surface area (Å²) in [5, 5.41) is 2.67. The molecule has 2 aliphatic rings. The lowest BCUT2D eigenvalue weighted by Crippen LogP contribution is -2.56. The molecule has 96 valence electrons. The number of hydrogen-bond donors (Lipinski definition) is 1. The second kappa shape index (κ2) is 4.58. The lowest BCUT2D eigenvalue weighted by molar-refractivity contribution is -0.130. The zero-order chi connectivity index (χ0) is 12.6. The van der Waals surface area contributed by atoms with Gasteiger partial charge in [-0.3, -0.25) is 9.59 Å². The molecule has 2 heterocycles. The zero-order valence-electron chi connectivity index (χ0n) is 9.38. The average Bonchev–Trinajstić information content (AvgIpc) is 2.46. The van der Waals surface area contributed by atoms with Crippen LogP contribution in [0, 0.1) is 5.92 Å². The van der Waals surface area contributed by atoms with E-state index in [4.69, 9.17) is 0 Å². The van der Waals surface area contributed by atoms with Gasteiger partial charge in [0.15, 0.2) is 0 Å². The Labute approximate surface area is 104 Å². The summed E-state index contributed by atoms with van der Waals surface area (Å²) < 4.78 is 23.5. The number of nitrogens with one attached hydrogen (secondary N) is 1. The van der Waals surface area contributed by atoms with Crippen molar-refractivity contribution in [1.82, 2.24) is 9.62 Å². The smallest absolute Gasteiger partial charge is 0.226 e. The Morgan fingerprint density at radius 3 is 2.59 bits per heavy atom. The maximum Gasteiger partial charge on any atom is 0.226 e. The fourth-order valence-corrected chi connectivity index (χ4v) is 3.63. The first-order chi connectivity index (χ1) is 7.88. The Bertz CT molecular complexity index is 442. The van der Waals surface area contributed by atoms with Crippen molar-refractivity contribution in [3.63, 3.8) is 0 Å². The van der Waals surface area contributed by atoms with Crippen LogP contribution in [0.1, 0.15) is 6.42 Å². The normalized spacial score (nSPS) is 26.9. The summed E-state index contributed by atoms with van der Waals surface area (Å²) >= 11 is 1.23.